The maximum atomic E-state index is 12.9. The van der Waals surface area contributed by atoms with Crippen molar-refractivity contribution in [2.45, 2.75) is 6.42 Å². The van der Waals surface area contributed by atoms with Gasteiger partial charge in [0, 0.05) is 23.9 Å². The molecule has 0 spiro atoms. The molecule has 0 unspecified atom stereocenters. The second-order valence-electron chi connectivity index (χ2n) is 2.81. The largest absolute Gasteiger partial charge is 0.496 e. The van der Waals surface area contributed by atoms with Gasteiger partial charge in [-0.25, -0.2) is 4.39 Å². The number of fused-ring (bicyclic) bond motifs is 1. The van der Waals surface area contributed by atoms with Gasteiger partial charge in [0.2, 0.25) is 0 Å². The van der Waals surface area contributed by atoms with E-state index >= 15 is 0 Å². The second kappa shape index (κ2) is 2.66. The van der Waals surface area contributed by atoms with Gasteiger partial charge in [-0.05, 0) is 12.5 Å². The van der Waals surface area contributed by atoms with Crippen LogP contribution < -0.4 is 10.1 Å². The molecular formula is C9H10FNO. The molecule has 0 bridgehead atoms. The third kappa shape index (κ3) is 1.02. The van der Waals surface area contributed by atoms with E-state index < -0.39 is 0 Å². The number of ether oxygens (including phenoxy) is 1. The SMILES string of the molecule is COc1cc(F)cc2c1CCN2. The average molecular weight is 167 g/mol. The van der Waals surface area contributed by atoms with Gasteiger partial charge < -0.3 is 10.1 Å². The smallest absolute Gasteiger partial charge is 0.128 e. The van der Waals surface area contributed by atoms with E-state index in [1.54, 1.807) is 7.11 Å². The lowest BCUT2D eigenvalue weighted by Gasteiger charge is -2.06. The van der Waals surface area contributed by atoms with Gasteiger partial charge in [-0.15, -0.1) is 0 Å². The molecule has 0 saturated carbocycles. The summed E-state index contributed by atoms with van der Waals surface area (Å²) < 4.78 is 17.9. The highest BCUT2D eigenvalue weighted by atomic mass is 19.1. The molecule has 1 heterocycles. The topological polar surface area (TPSA) is 21.3 Å². The lowest BCUT2D eigenvalue weighted by Crippen LogP contribution is -1.91. The van der Waals surface area contributed by atoms with Crippen LogP contribution in [0, 0.1) is 5.82 Å². The maximum absolute atomic E-state index is 12.9. The summed E-state index contributed by atoms with van der Waals surface area (Å²) >= 11 is 0. The summed E-state index contributed by atoms with van der Waals surface area (Å²) in [5, 5.41) is 3.10. The van der Waals surface area contributed by atoms with Crippen LogP contribution in [0.1, 0.15) is 5.56 Å². The van der Waals surface area contributed by atoms with Crippen molar-refractivity contribution in [2.75, 3.05) is 19.0 Å². The van der Waals surface area contributed by atoms with E-state index in [2.05, 4.69) is 5.32 Å². The Morgan fingerprint density at radius 1 is 1.50 bits per heavy atom. The minimum absolute atomic E-state index is 0.250. The molecule has 1 aliphatic rings. The van der Waals surface area contributed by atoms with Crippen molar-refractivity contribution in [3.05, 3.63) is 23.5 Å². The third-order valence-electron chi connectivity index (χ3n) is 2.08. The molecule has 2 rings (SSSR count). The summed E-state index contributed by atoms with van der Waals surface area (Å²) in [6.07, 6.45) is 0.915. The Labute approximate surface area is 70.3 Å². The predicted octanol–water partition coefficient (Wildman–Crippen LogP) is 1.80. The standard InChI is InChI=1S/C9H10FNO/c1-12-9-5-6(10)4-8-7(9)2-3-11-8/h4-5,11H,2-3H2,1H3. The Morgan fingerprint density at radius 2 is 2.33 bits per heavy atom. The Balaban J connectivity index is 2.55. The van der Waals surface area contributed by atoms with Crippen LogP contribution >= 0.6 is 0 Å². The maximum Gasteiger partial charge on any atom is 0.128 e. The number of anilines is 1. The number of halogens is 1. The summed E-state index contributed by atoms with van der Waals surface area (Å²) in [6, 6.07) is 2.93. The highest BCUT2D eigenvalue weighted by Crippen LogP contribution is 2.31. The molecule has 64 valence electrons. The highest BCUT2D eigenvalue weighted by molar-refractivity contribution is 5.61. The van der Waals surface area contributed by atoms with E-state index in [0.717, 1.165) is 24.2 Å². The first-order chi connectivity index (χ1) is 5.81. The number of hydrogen-bond donors (Lipinski definition) is 1. The molecular weight excluding hydrogens is 157 g/mol. The van der Waals surface area contributed by atoms with Crippen LogP contribution in [-0.2, 0) is 6.42 Å². The van der Waals surface area contributed by atoms with Crippen LogP contribution in [0.2, 0.25) is 0 Å². The van der Waals surface area contributed by atoms with Crippen molar-refractivity contribution in [2.24, 2.45) is 0 Å². The zero-order valence-electron chi connectivity index (χ0n) is 6.86. The van der Waals surface area contributed by atoms with Crippen molar-refractivity contribution >= 4 is 5.69 Å². The van der Waals surface area contributed by atoms with E-state index in [1.165, 1.54) is 12.1 Å². The van der Waals surface area contributed by atoms with Gasteiger partial charge >= 0.3 is 0 Å². The Morgan fingerprint density at radius 3 is 3.08 bits per heavy atom. The first-order valence-electron chi connectivity index (χ1n) is 3.91. The molecule has 0 aromatic heterocycles. The number of benzene rings is 1. The highest BCUT2D eigenvalue weighted by Gasteiger charge is 2.15. The second-order valence-corrected chi connectivity index (χ2v) is 2.81. The van der Waals surface area contributed by atoms with Gasteiger partial charge in [0.25, 0.3) is 0 Å². The van der Waals surface area contributed by atoms with Crippen LogP contribution in [-0.4, -0.2) is 13.7 Å². The number of nitrogens with one attached hydrogen (secondary N) is 1. The van der Waals surface area contributed by atoms with E-state index in [4.69, 9.17) is 4.74 Å². The Hall–Kier alpha value is -1.25. The quantitative estimate of drug-likeness (QED) is 0.688. The lowest BCUT2D eigenvalue weighted by atomic mass is 10.1. The molecule has 1 N–H and O–H groups in total. The van der Waals surface area contributed by atoms with Crippen molar-refractivity contribution < 1.29 is 9.13 Å². The normalized spacial score (nSPS) is 13.8. The fraction of sp³-hybridized carbons (Fsp3) is 0.333. The van der Waals surface area contributed by atoms with Gasteiger partial charge in [0.15, 0.2) is 0 Å². The van der Waals surface area contributed by atoms with E-state index in [9.17, 15) is 4.39 Å². The molecule has 12 heavy (non-hydrogen) atoms. The molecule has 0 fully saturated rings. The van der Waals surface area contributed by atoms with Crippen molar-refractivity contribution in [3.8, 4) is 5.75 Å². The molecule has 0 amide bonds. The number of methoxy groups -OCH3 is 1. The van der Waals surface area contributed by atoms with Crippen LogP contribution in [0.4, 0.5) is 10.1 Å². The average Bonchev–Trinajstić information content (AvgIpc) is 2.50. The summed E-state index contributed by atoms with van der Waals surface area (Å²) in [6.45, 7) is 0.870. The lowest BCUT2D eigenvalue weighted by molar-refractivity contribution is 0.407. The van der Waals surface area contributed by atoms with Crippen LogP contribution in [0.15, 0.2) is 12.1 Å². The number of rotatable bonds is 1. The zero-order valence-corrected chi connectivity index (χ0v) is 6.86. The number of hydrogen-bond acceptors (Lipinski definition) is 2. The molecule has 0 atom stereocenters. The fourth-order valence-electron chi connectivity index (χ4n) is 1.53. The summed E-state index contributed by atoms with van der Waals surface area (Å²) in [4.78, 5) is 0. The molecule has 2 nitrogen and oxygen atoms in total. The summed E-state index contributed by atoms with van der Waals surface area (Å²) in [7, 11) is 1.56. The molecule has 0 saturated heterocycles. The Bertz CT molecular complexity index is 312. The van der Waals surface area contributed by atoms with Gasteiger partial charge in [-0.2, -0.15) is 0 Å². The third-order valence-corrected chi connectivity index (χ3v) is 2.08. The van der Waals surface area contributed by atoms with Gasteiger partial charge in [-0.1, -0.05) is 0 Å². The molecule has 1 aromatic carbocycles. The van der Waals surface area contributed by atoms with Gasteiger partial charge in [-0.3, -0.25) is 0 Å². The summed E-state index contributed by atoms with van der Waals surface area (Å²) in [5.74, 6) is 0.398. The molecule has 1 aromatic rings. The van der Waals surface area contributed by atoms with E-state index in [1.807, 2.05) is 0 Å². The summed E-state index contributed by atoms with van der Waals surface area (Å²) in [5.41, 5.74) is 1.95. The van der Waals surface area contributed by atoms with E-state index in [-0.39, 0.29) is 5.82 Å². The minimum Gasteiger partial charge on any atom is -0.496 e. The minimum atomic E-state index is -0.250. The van der Waals surface area contributed by atoms with Crippen LogP contribution in [0.5, 0.6) is 5.75 Å². The molecule has 1 aliphatic heterocycles. The fourth-order valence-corrected chi connectivity index (χ4v) is 1.53. The Kier molecular flexibility index (Phi) is 1.64. The van der Waals surface area contributed by atoms with E-state index in [0.29, 0.717) is 5.75 Å². The van der Waals surface area contributed by atoms with Crippen LogP contribution in [0.25, 0.3) is 0 Å². The monoisotopic (exact) mass is 167 g/mol. The van der Waals surface area contributed by atoms with Gasteiger partial charge in [0.1, 0.15) is 11.6 Å². The molecule has 0 radical (unpaired) electrons. The first kappa shape index (κ1) is 7.40. The first-order valence-corrected chi connectivity index (χ1v) is 3.91. The molecule has 0 aliphatic carbocycles. The van der Waals surface area contributed by atoms with Gasteiger partial charge in [0.05, 0.1) is 7.11 Å². The van der Waals surface area contributed by atoms with Crippen molar-refractivity contribution in [1.29, 1.82) is 0 Å². The van der Waals surface area contributed by atoms with Crippen molar-refractivity contribution in [3.63, 3.8) is 0 Å². The van der Waals surface area contributed by atoms with Crippen LogP contribution in [0.3, 0.4) is 0 Å². The van der Waals surface area contributed by atoms with Crippen molar-refractivity contribution in [1.82, 2.24) is 0 Å². The molecule has 3 heteroatoms. The zero-order chi connectivity index (χ0) is 8.55. The predicted molar refractivity (Wildman–Crippen MR) is 45.1 cm³/mol.